The second-order valence-corrected chi connectivity index (χ2v) is 5.41. The average molecular weight is 262 g/mol. The molecule has 0 spiro atoms. The van der Waals surface area contributed by atoms with E-state index in [4.69, 9.17) is 4.74 Å². The number of benzene rings is 1. The zero-order valence-corrected chi connectivity index (χ0v) is 12.1. The van der Waals surface area contributed by atoms with Crippen molar-refractivity contribution in [1.29, 1.82) is 0 Å². The molecule has 19 heavy (non-hydrogen) atoms. The molecule has 1 aromatic rings. The van der Waals surface area contributed by atoms with Crippen LogP contribution in [0.3, 0.4) is 0 Å². The van der Waals surface area contributed by atoms with Gasteiger partial charge in [-0.15, -0.1) is 0 Å². The van der Waals surface area contributed by atoms with Crippen molar-refractivity contribution < 1.29 is 4.74 Å². The molecule has 0 aromatic heterocycles. The monoisotopic (exact) mass is 262 g/mol. The summed E-state index contributed by atoms with van der Waals surface area (Å²) in [5, 5.41) is 3.63. The Bertz CT molecular complexity index is 355. The van der Waals surface area contributed by atoms with Gasteiger partial charge in [0, 0.05) is 32.2 Å². The highest BCUT2D eigenvalue weighted by Crippen LogP contribution is 2.12. The summed E-state index contributed by atoms with van der Waals surface area (Å²) in [5.41, 5.74) is 0. The fourth-order valence-corrected chi connectivity index (χ4v) is 2.52. The lowest BCUT2D eigenvalue weighted by atomic mass is 9.97. The number of hydrogen-bond acceptors (Lipinski definition) is 3. The SMILES string of the molecule is CCC(C)C1CN(CCOc2ccccc2)CCN1. The minimum Gasteiger partial charge on any atom is -0.492 e. The maximum absolute atomic E-state index is 5.77. The van der Waals surface area contributed by atoms with Crippen LogP contribution in [0.5, 0.6) is 5.75 Å². The van der Waals surface area contributed by atoms with Crippen molar-refractivity contribution in [2.45, 2.75) is 26.3 Å². The second-order valence-electron chi connectivity index (χ2n) is 5.41. The molecule has 1 aliphatic rings. The third-order valence-electron chi connectivity index (χ3n) is 4.04. The van der Waals surface area contributed by atoms with Crippen LogP contribution in [-0.4, -0.2) is 43.7 Å². The highest BCUT2D eigenvalue weighted by Gasteiger charge is 2.22. The maximum Gasteiger partial charge on any atom is 0.119 e. The van der Waals surface area contributed by atoms with Crippen molar-refractivity contribution in [3.8, 4) is 5.75 Å². The van der Waals surface area contributed by atoms with E-state index in [1.54, 1.807) is 0 Å². The first-order chi connectivity index (χ1) is 9.29. The largest absolute Gasteiger partial charge is 0.492 e. The van der Waals surface area contributed by atoms with Crippen LogP contribution in [0, 0.1) is 5.92 Å². The first-order valence-corrected chi connectivity index (χ1v) is 7.43. The zero-order chi connectivity index (χ0) is 13.5. The molecule has 0 saturated carbocycles. The topological polar surface area (TPSA) is 24.5 Å². The van der Waals surface area contributed by atoms with Gasteiger partial charge in [-0.3, -0.25) is 4.90 Å². The van der Waals surface area contributed by atoms with Crippen molar-refractivity contribution in [3.05, 3.63) is 30.3 Å². The first kappa shape index (κ1) is 14.4. The predicted molar refractivity (Wildman–Crippen MR) is 79.6 cm³/mol. The van der Waals surface area contributed by atoms with Gasteiger partial charge in [-0.1, -0.05) is 38.5 Å². The Hall–Kier alpha value is -1.06. The fraction of sp³-hybridized carbons (Fsp3) is 0.625. The van der Waals surface area contributed by atoms with Gasteiger partial charge in [0.25, 0.3) is 0 Å². The van der Waals surface area contributed by atoms with Crippen LogP contribution >= 0.6 is 0 Å². The molecule has 3 nitrogen and oxygen atoms in total. The molecule has 1 N–H and O–H groups in total. The summed E-state index contributed by atoms with van der Waals surface area (Å²) in [6.07, 6.45) is 1.24. The molecule has 106 valence electrons. The smallest absolute Gasteiger partial charge is 0.119 e. The van der Waals surface area contributed by atoms with E-state index in [1.165, 1.54) is 6.42 Å². The van der Waals surface area contributed by atoms with E-state index in [-0.39, 0.29) is 0 Å². The standard InChI is InChI=1S/C16H26N2O/c1-3-14(2)16-13-18(10-9-17-16)11-12-19-15-7-5-4-6-8-15/h4-8,14,16-17H,3,9-13H2,1-2H3. The van der Waals surface area contributed by atoms with Crippen molar-refractivity contribution in [2.75, 3.05) is 32.8 Å². The van der Waals surface area contributed by atoms with Gasteiger partial charge in [0.2, 0.25) is 0 Å². The van der Waals surface area contributed by atoms with Gasteiger partial charge in [0.15, 0.2) is 0 Å². The van der Waals surface area contributed by atoms with Gasteiger partial charge in [0.1, 0.15) is 12.4 Å². The van der Waals surface area contributed by atoms with E-state index < -0.39 is 0 Å². The molecule has 3 heteroatoms. The molecule has 2 unspecified atom stereocenters. The summed E-state index contributed by atoms with van der Waals surface area (Å²) in [4.78, 5) is 2.51. The molecule has 1 aromatic carbocycles. The van der Waals surface area contributed by atoms with Gasteiger partial charge in [-0.05, 0) is 18.1 Å². The Morgan fingerprint density at radius 3 is 2.89 bits per heavy atom. The highest BCUT2D eigenvalue weighted by molar-refractivity contribution is 5.20. The van der Waals surface area contributed by atoms with Gasteiger partial charge in [-0.25, -0.2) is 0 Å². The Kier molecular flexibility index (Phi) is 5.67. The highest BCUT2D eigenvalue weighted by atomic mass is 16.5. The van der Waals surface area contributed by atoms with Crippen LogP contribution in [0.1, 0.15) is 20.3 Å². The number of piperazine rings is 1. The quantitative estimate of drug-likeness (QED) is 0.852. The van der Waals surface area contributed by atoms with E-state index in [1.807, 2.05) is 30.3 Å². The molecule has 1 saturated heterocycles. The average Bonchev–Trinajstić information content (AvgIpc) is 2.48. The Balaban J connectivity index is 1.71. The number of rotatable bonds is 6. The lowest BCUT2D eigenvalue weighted by molar-refractivity contribution is 0.144. The Labute approximate surface area is 116 Å². The van der Waals surface area contributed by atoms with Crippen molar-refractivity contribution in [1.82, 2.24) is 10.2 Å². The molecule has 0 aliphatic carbocycles. The van der Waals surface area contributed by atoms with Crippen LogP contribution in [0.15, 0.2) is 30.3 Å². The fourth-order valence-electron chi connectivity index (χ4n) is 2.52. The van der Waals surface area contributed by atoms with Gasteiger partial charge in [0.05, 0.1) is 0 Å². The second kappa shape index (κ2) is 7.51. The summed E-state index contributed by atoms with van der Waals surface area (Å²) < 4.78 is 5.77. The zero-order valence-electron chi connectivity index (χ0n) is 12.1. The van der Waals surface area contributed by atoms with Gasteiger partial charge < -0.3 is 10.1 Å². The van der Waals surface area contributed by atoms with E-state index >= 15 is 0 Å². The molecule has 1 fully saturated rings. The normalized spacial score (nSPS) is 22.1. The van der Waals surface area contributed by atoms with Gasteiger partial charge >= 0.3 is 0 Å². The summed E-state index contributed by atoms with van der Waals surface area (Å²) >= 11 is 0. The lowest BCUT2D eigenvalue weighted by Gasteiger charge is -2.36. The lowest BCUT2D eigenvalue weighted by Crippen LogP contribution is -2.53. The summed E-state index contributed by atoms with van der Waals surface area (Å²) in [5.74, 6) is 1.72. The van der Waals surface area contributed by atoms with E-state index in [0.717, 1.165) is 44.5 Å². The predicted octanol–water partition coefficient (Wildman–Crippen LogP) is 2.39. The van der Waals surface area contributed by atoms with Crippen molar-refractivity contribution in [3.63, 3.8) is 0 Å². The first-order valence-electron chi connectivity index (χ1n) is 7.43. The van der Waals surface area contributed by atoms with E-state index in [0.29, 0.717) is 6.04 Å². The third kappa shape index (κ3) is 4.51. The minimum atomic E-state index is 0.635. The molecule has 1 aliphatic heterocycles. The van der Waals surface area contributed by atoms with Crippen LogP contribution < -0.4 is 10.1 Å². The number of para-hydroxylation sites is 1. The number of hydrogen-bond donors (Lipinski definition) is 1. The summed E-state index contributed by atoms with van der Waals surface area (Å²) in [6.45, 7) is 9.77. The Morgan fingerprint density at radius 2 is 2.16 bits per heavy atom. The molecular weight excluding hydrogens is 236 g/mol. The molecule has 0 amide bonds. The minimum absolute atomic E-state index is 0.635. The van der Waals surface area contributed by atoms with Crippen molar-refractivity contribution in [2.24, 2.45) is 5.92 Å². The summed E-state index contributed by atoms with van der Waals surface area (Å²) in [7, 11) is 0. The molecular formula is C16H26N2O. The molecule has 0 bridgehead atoms. The van der Waals surface area contributed by atoms with Crippen LogP contribution in [-0.2, 0) is 0 Å². The number of ether oxygens (including phenoxy) is 1. The Morgan fingerprint density at radius 1 is 1.37 bits per heavy atom. The van der Waals surface area contributed by atoms with Crippen LogP contribution in [0.25, 0.3) is 0 Å². The molecule has 1 heterocycles. The van der Waals surface area contributed by atoms with Crippen LogP contribution in [0.2, 0.25) is 0 Å². The molecule has 2 atom stereocenters. The molecule has 0 radical (unpaired) electrons. The third-order valence-corrected chi connectivity index (χ3v) is 4.04. The van der Waals surface area contributed by atoms with Crippen molar-refractivity contribution >= 4 is 0 Å². The molecule has 2 rings (SSSR count). The number of nitrogens with one attached hydrogen (secondary N) is 1. The summed E-state index contributed by atoms with van der Waals surface area (Å²) in [6, 6.07) is 10.7. The van der Waals surface area contributed by atoms with Crippen LogP contribution in [0.4, 0.5) is 0 Å². The number of nitrogens with zero attached hydrogens (tertiary/aromatic N) is 1. The van der Waals surface area contributed by atoms with E-state index in [2.05, 4.69) is 24.1 Å². The van der Waals surface area contributed by atoms with E-state index in [9.17, 15) is 0 Å². The maximum atomic E-state index is 5.77. The van der Waals surface area contributed by atoms with Gasteiger partial charge in [-0.2, -0.15) is 0 Å².